The van der Waals surface area contributed by atoms with Gasteiger partial charge < -0.3 is 10.2 Å². The molecule has 0 aliphatic carbocycles. The number of carboxylic acid groups (broad SMARTS) is 1. The number of carboxylic acids is 1. The molecule has 110 valence electrons. The van der Waals surface area contributed by atoms with Crippen LogP contribution < -0.4 is 0 Å². The van der Waals surface area contributed by atoms with Crippen molar-refractivity contribution in [3.05, 3.63) is 28.0 Å². The van der Waals surface area contributed by atoms with Gasteiger partial charge in [-0.05, 0) is 18.6 Å². The second-order valence-corrected chi connectivity index (χ2v) is 7.20. The third-order valence-corrected chi connectivity index (χ3v) is 5.30. The summed E-state index contributed by atoms with van der Waals surface area (Å²) < 4.78 is 39.7. The van der Waals surface area contributed by atoms with E-state index in [1.54, 1.807) is 0 Å². The maximum atomic E-state index is 14.1. The van der Waals surface area contributed by atoms with Crippen LogP contribution in [0.5, 0.6) is 0 Å². The first kappa shape index (κ1) is 15.4. The quantitative estimate of drug-likeness (QED) is 0.832. The molecule has 9 heteroatoms. The normalized spacial score (nSPS) is 20.2. The first-order valence-electron chi connectivity index (χ1n) is 5.64. The van der Waals surface area contributed by atoms with Crippen LogP contribution in [0.1, 0.15) is 16.8 Å². The number of aromatic carboxylic acids is 1. The van der Waals surface area contributed by atoms with Crippen LogP contribution in [0.25, 0.3) is 0 Å². The fraction of sp³-hybridized carbons (Fsp3) is 0.364. The Morgan fingerprint density at radius 2 is 2.10 bits per heavy atom. The number of aliphatic hydroxyl groups is 1. The Labute approximate surface area is 123 Å². The minimum atomic E-state index is -4.18. The van der Waals surface area contributed by atoms with Crippen molar-refractivity contribution in [3.8, 4) is 0 Å². The minimum absolute atomic E-state index is 0.0673. The Balaban J connectivity index is 2.55. The SMILES string of the molecule is O=C(O)c1cc(Br)cc(S(=O)(=O)N2CC[C@@H](O)C2)c1F. The number of halogens is 2. The molecule has 1 heterocycles. The number of benzene rings is 1. The van der Waals surface area contributed by atoms with E-state index in [0.717, 1.165) is 16.4 Å². The number of hydrogen-bond acceptors (Lipinski definition) is 4. The van der Waals surface area contributed by atoms with Gasteiger partial charge in [-0.25, -0.2) is 17.6 Å². The maximum Gasteiger partial charge on any atom is 0.338 e. The number of aliphatic hydroxyl groups excluding tert-OH is 1. The van der Waals surface area contributed by atoms with E-state index in [4.69, 9.17) is 5.11 Å². The first-order chi connectivity index (χ1) is 9.23. The number of carbonyl (C=O) groups is 1. The van der Waals surface area contributed by atoms with E-state index in [1.165, 1.54) is 0 Å². The summed E-state index contributed by atoms with van der Waals surface area (Å²) in [5.41, 5.74) is -0.724. The first-order valence-corrected chi connectivity index (χ1v) is 7.87. The van der Waals surface area contributed by atoms with Crippen molar-refractivity contribution < 1.29 is 27.8 Å². The Bertz CT molecular complexity index is 663. The van der Waals surface area contributed by atoms with Crippen LogP contribution in [0.4, 0.5) is 4.39 Å². The lowest BCUT2D eigenvalue weighted by Gasteiger charge is -2.17. The monoisotopic (exact) mass is 367 g/mol. The predicted octanol–water partition coefficient (Wildman–Crippen LogP) is 1.04. The molecular formula is C11H11BrFNO5S. The lowest BCUT2D eigenvalue weighted by molar-refractivity contribution is 0.0691. The fourth-order valence-corrected chi connectivity index (χ4v) is 4.19. The summed E-state index contributed by atoms with van der Waals surface area (Å²) in [6.45, 7) is -0.0610. The molecule has 6 nitrogen and oxygen atoms in total. The molecule has 0 amide bonds. The largest absolute Gasteiger partial charge is 0.478 e. The zero-order valence-corrected chi connectivity index (χ0v) is 12.5. The highest BCUT2D eigenvalue weighted by atomic mass is 79.9. The summed E-state index contributed by atoms with van der Waals surface area (Å²) in [5, 5.41) is 18.3. The van der Waals surface area contributed by atoms with Gasteiger partial charge in [-0.1, -0.05) is 15.9 Å². The van der Waals surface area contributed by atoms with E-state index in [9.17, 15) is 22.7 Å². The Hall–Kier alpha value is -1.03. The van der Waals surface area contributed by atoms with Crippen LogP contribution in [0.2, 0.25) is 0 Å². The number of sulfonamides is 1. The predicted molar refractivity (Wildman–Crippen MR) is 70.4 cm³/mol. The topological polar surface area (TPSA) is 94.9 Å². The van der Waals surface area contributed by atoms with Gasteiger partial charge in [0.1, 0.15) is 4.90 Å². The van der Waals surface area contributed by atoms with Crippen molar-refractivity contribution >= 4 is 31.9 Å². The number of hydrogen-bond donors (Lipinski definition) is 2. The standard InChI is InChI=1S/C11H11BrFNO5S/c12-6-3-8(11(16)17)10(13)9(4-6)20(18,19)14-2-1-7(15)5-14/h3-4,7,15H,1-2,5H2,(H,16,17)/t7-/m1/s1. The van der Waals surface area contributed by atoms with Crippen molar-refractivity contribution in [1.82, 2.24) is 4.31 Å². The Kier molecular flexibility index (Phi) is 4.14. The Morgan fingerprint density at radius 1 is 1.45 bits per heavy atom. The van der Waals surface area contributed by atoms with Gasteiger partial charge in [-0.2, -0.15) is 4.31 Å². The molecule has 1 atom stereocenters. The molecule has 1 aromatic rings. The molecule has 1 aromatic carbocycles. The molecule has 2 N–H and O–H groups in total. The second kappa shape index (κ2) is 5.40. The number of β-amino-alcohol motifs (C(OH)–C–C–N with tert-alkyl or cyclic N) is 1. The van der Waals surface area contributed by atoms with E-state index in [1.807, 2.05) is 0 Å². The average Bonchev–Trinajstić information content (AvgIpc) is 2.78. The van der Waals surface area contributed by atoms with Gasteiger partial charge in [-0.3, -0.25) is 0 Å². The minimum Gasteiger partial charge on any atom is -0.478 e. The fourth-order valence-electron chi connectivity index (χ4n) is 1.98. The van der Waals surface area contributed by atoms with Gasteiger partial charge in [0.2, 0.25) is 10.0 Å². The van der Waals surface area contributed by atoms with Crippen molar-refractivity contribution in [2.45, 2.75) is 17.4 Å². The third-order valence-electron chi connectivity index (χ3n) is 2.98. The molecule has 1 aliphatic rings. The summed E-state index contributed by atoms with van der Waals surface area (Å²) in [5.74, 6) is -2.86. The van der Waals surface area contributed by atoms with Crippen LogP contribution in [0, 0.1) is 5.82 Å². The molecule has 1 fully saturated rings. The van der Waals surface area contributed by atoms with Crippen LogP contribution in [0.3, 0.4) is 0 Å². The van der Waals surface area contributed by atoms with Crippen LogP contribution >= 0.6 is 15.9 Å². The van der Waals surface area contributed by atoms with Gasteiger partial charge in [0.25, 0.3) is 0 Å². The van der Waals surface area contributed by atoms with Gasteiger partial charge in [0, 0.05) is 17.6 Å². The Morgan fingerprint density at radius 3 is 2.60 bits per heavy atom. The molecule has 0 spiro atoms. The van der Waals surface area contributed by atoms with Crippen molar-refractivity contribution in [3.63, 3.8) is 0 Å². The van der Waals surface area contributed by atoms with Gasteiger partial charge in [0.15, 0.2) is 5.82 Å². The second-order valence-electron chi connectivity index (χ2n) is 4.38. The summed E-state index contributed by atoms with van der Waals surface area (Å²) in [6, 6.07) is 2.01. The van der Waals surface area contributed by atoms with Gasteiger partial charge >= 0.3 is 5.97 Å². The lowest BCUT2D eigenvalue weighted by atomic mass is 10.2. The summed E-state index contributed by atoms with van der Waals surface area (Å²) in [6.07, 6.45) is -0.528. The van der Waals surface area contributed by atoms with Crippen LogP contribution in [0.15, 0.2) is 21.5 Å². The number of rotatable bonds is 3. The molecule has 20 heavy (non-hydrogen) atoms. The van der Waals surface area contributed by atoms with Crippen LogP contribution in [-0.4, -0.2) is 48.1 Å². The highest BCUT2D eigenvalue weighted by molar-refractivity contribution is 9.10. The molecular weight excluding hydrogens is 357 g/mol. The molecule has 0 radical (unpaired) electrons. The van der Waals surface area contributed by atoms with Crippen LogP contribution in [-0.2, 0) is 10.0 Å². The van der Waals surface area contributed by atoms with E-state index in [0.29, 0.717) is 0 Å². The smallest absolute Gasteiger partial charge is 0.338 e. The zero-order valence-electron chi connectivity index (χ0n) is 10.1. The van der Waals surface area contributed by atoms with E-state index in [-0.39, 0.29) is 24.0 Å². The molecule has 0 aromatic heterocycles. The molecule has 0 unspecified atom stereocenters. The highest BCUT2D eigenvalue weighted by Gasteiger charge is 2.35. The lowest BCUT2D eigenvalue weighted by Crippen LogP contribution is -2.30. The summed E-state index contributed by atoms with van der Waals surface area (Å²) in [7, 11) is -4.18. The van der Waals surface area contributed by atoms with Gasteiger partial charge in [-0.15, -0.1) is 0 Å². The van der Waals surface area contributed by atoms with Crippen molar-refractivity contribution in [2.24, 2.45) is 0 Å². The molecule has 1 saturated heterocycles. The molecule has 1 aliphatic heterocycles. The highest BCUT2D eigenvalue weighted by Crippen LogP contribution is 2.28. The molecule has 2 rings (SSSR count). The van der Waals surface area contributed by atoms with E-state index < -0.39 is 38.4 Å². The number of nitrogens with zero attached hydrogens (tertiary/aromatic N) is 1. The summed E-state index contributed by atoms with van der Waals surface area (Å²) >= 11 is 2.97. The van der Waals surface area contributed by atoms with Gasteiger partial charge in [0.05, 0.1) is 11.7 Å². The van der Waals surface area contributed by atoms with E-state index >= 15 is 0 Å². The zero-order chi connectivity index (χ0) is 15.1. The van der Waals surface area contributed by atoms with E-state index in [2.05, 4.69) is 15.9 Å². The molecule has 0 bridgehead atoms. The average molecular weight is 368 g/mol. The summed E-state index contributed by atoms with van der Waals surface area (Å²) in [4.78, 5) is 10.2. The third kappa shape index (κ3) is 2.71. The maximum absolute atomic E-state index is 14.1. The van der Waals surface area contributed by atoms with Crippen molar-refractivity contribution in [1.29, 1.82) is 0 Å². The molecule has 0 saturated carbocycles. The van der Waals surface area contributed by atoms with Crippen molar-refractivity contribution in [2.75, 3.05) is 13.1 Å².